The maximum absolute atomic E-state index is 6.77. The third-order valence-corrected chi connectivity index (χ3v) is 13.7. The Labute approximate surface area is 369 Å². The van der Waals surface area contributed by atoms with Gasteiger partial charge in [-0.2, -0.15) is 0 Å². The van der Waals surface area contributed by atoms with Crippen LogP contribution in [0, 0.1) is 0 Å². The number of rotatable bonds is 6. The minimum atomic E-state index is 0.854. The van der Waals surface area contributed by atoms with E-state index < -0.39 is 0 Å². The quantitative estimate of drug-likeness (QED) is 0.167. The van der Waals surface area contributed by atoms with Crippen LogP contribution in [0.25, 0.3) is 76.9 Å². The molecule has 10 aromatic carbocycles. The van der Waals surface area contributed by atoms with Crippen molar-refractivity contribution in [3.63, 3.8) is 0 Å². The van der Waals surface area contributed by atoms with E-state index in [-0.39, 0.29) is 0 Å². The molecule has 2 aliphatic carbocycles. The molecule has 2 aromatic heterocycles. The maximum Gasteiger partial charge on any atom is 0.143 e. The van der Waals surface area contributed by atoms with Crippen LogP contribution in [0.5, 0.6) is 0 Å². The van der Waals surface area contributed by atoms with Crippen molar-refractivity contribution < 1.29 is 8.83 Å². The molecule has 300 valence electrons. The summed E-state index contributed by atoms with van der Waals surface area (Å²) < 4.78 is 13.5. The minimum Gasteiger partial charge on any atom is -0.455 e. The van der Waals surface area contributed by atoms with Gasteiger partial charge in [-0.05, 0) is 167 Å². The Balaban J connectivity index is 0.881. The minimum absolute atomic E-state index is 0.854. The van der Waals surface area contributed by atoms with Crippen LogP contribution in [0.4, 0.5) is 34.1 Å². The maximum atomic E-state index is 6.77. The van der Waals surface area contributed by atoms with Crippen molar-refractivity contribution in [2.24, 2.45) is 0 Å². The lowest BCUT2D eigenvalue weighted by molar-refractivity contribution is 0.669. The molecule has 64 heavy (non-hydrogen) atoms. The van der Waals surface area contributed by atoms with Crippen molar-refractivity contribution in [2.75, 3.05) is 9.80 Å². The van der Waals surface area contributed by atoms with Gasteiger partial charge >= 0.3 is 0 Å². The summed E-state index contributed by atoms with van der Waals surface area (Å²) in [5, 5.41) is 6.37. The Hall–Kier alpha value is -8.34. The van der Waals surface area contributed by atoms with Crippen molar-refractivity contribution in [1.82, 2.24) is 0 Å². The summed E-state index contributed by atoms with van der Waals surface area (Å²) in [5.74, 6) is 0. The topological polar surface area (TPSA) is 32.8 Å². The van der Waals surface area contributed by atoms with E-state index in [1.807, 2.05) is 0 Å². The number of hydrogen-bond donors (Lipinski definition) is 0. The molecule has 0 aliphatic heterocycles. The molecule has 0 saturated carbocycles. The molecule has 0 amide bonds. The summed E-state index contributed by atoms with van der Waals surface area (Å²) >= 11 is 0. The van der Waals surface area contributed by atoms with E-state index in [2.05, 4.69) is 216 Å². The molecular weight excluding hydrogens is 781 g/mol. The van der Waals surface area contributed by atoms with Gasteiger partial charge in [0.15, 0.2) is 0 Å². The van der Waals surface area contributed by atoms with Crippen LogP contribution in [0.15, 0.2) is 215 Å². The molecule has 0 atom stereocenters. The van der Waals surface area contributed by atoms with Crippen LogP contribution in [-0.4, -0.2) is 0 Å². The first-order chi connectivity index (χ1) is 31.7. The van der Waals surface area contributed by atoms with Crippen molar-refractivity contribution in [3.8, 4) is 22.3 Å². The highest BCUT2D eigenvalue weighted by Gasteiger charge is 2.24. The van der Waals surface area contributed by atoms with Gasteiger partial charge in [0, 0.05) is 66.4 Å². The smallest absolute Gasteiger partial charge is 0.143 e. The molecule has 4 heteroatoms. The fourth-order valence-corrected chi connectivity index (χ4v) is 10.7. The first-order valence-corrected chi connectivity index (χ1v) is 22.1. The second-order valence-electron chi connectivity index (χ2n) is 17.2. The third kappa shape index (κ3) is 5.29. The monoisotopic (exact) mass is 818 g/mol. The molecule has 0 fully saturated rings. The molecule has 2 heterocycles. The first-order valence-electron chi connectivity index (χ1n) is 22.1. The van der Waals surface area contributed by atoms with Gasteiger partial charge in [-0.3, -0.25) is 0 Å². The van der Waals surface area contributed by atoms with Gasteiger partial charge in [-0.15, -0.1) is 0 Å². The molecular formula is C60H38N2O2. The molecule has 0 spiro atoms. The van der Waals surface area contributed by atoms with Gasteiger partial charge in [0.25, 0.3) is 0 Å². The van der Waals surface area contributed by atoms with Gasteiger partial charge < -0.3 is 18.6 Å². The van der Waals surface area contributed by atoms with Crippen molar-refractivity contribution in [2.45, 2.75) is 12.8 Å². The van der Waals surface area contributed by atoms with E-state index in [4.69, 9.17) is 8.83 Å². The Morgan fingerprint density at radius 3 is 1.08 bits per heavy atom. The highest BCUT2D eigenvalue weighted by molar-refractivity contribution is 6.23. The average Bonchev–Trinajstić information content (AvgIpc) is 4.12. The molecule has 14 rings (SSSR count). The molecule has 0 unspecified atom stereocenters. The first kappa shape index (κ1) is 35.3. The number of furan rings is 2. The van der Waals surface area contributed by atoms with Gasteiger partial charge in [-0.1, -0.05) is 97.1 Å². The van der Waals surface area contributed by atoms with Gasteiger partial charge in [-0.25, -0.2) is 0 Å². The molecule has 4 nitrogen and oxygen atoms in total. The predicted molar refractivity (Wildman–Crippen MR) is 264 cm³/mol. The van der Waals surface area contributed by atoms with Crippen LogP contribution in [-0.2, 0) is 12.8 Å². The summed E-state index contributed by atoms with van der Waals surface area (Å²) in [6.07, 6.45) is 1.94. The van der Waals surface area contributed by atoms with E-state index in [0.717, 1.165) is 102 Å². The Morgan fingerprint density at radius 2 is 0.625 bits per heavy atom. The van der Waals surface area contributed by atoms with Gasteiger partial charge in [0.2, 0.25) is 0 Å². The zero-order valence-corrected chi connectivity index (χ0v) is 34.8. The SMILES string of the molecule is c1ccc(N(c2ccc3c(c2)-c2ccccc2C3)c2ccc3oc4c(ccc5c4ccc4c6cc(N(c7ccccc7)c7ccc8c(c7)-c7ccccc7C8)ccc6oc45)c3c2)cc1. The average molecular weight is 819 g/mol. The van der Waals surface area contributed by atoms with Crippen LogP contribution in [0.1, 0.15) is 22.3 Å². The standard InChI is InChI=1S/C60H38N2O2/c1-3-13-41(14-4-1)61(43-21-19-39-31-37-11-7-9-17-47(37)53(39)33-43)45-23-29-57-55(35-45)51-27-25-50-49(59(51)63-57)26-28-52-56-36-46(24-30-58(56)64-60(50)52)62(42-15-5-2-6-16-42)44-22-20-40-32-38-12-8-10-18-48(38)54(40)34-44/h1-30,33-36H,31-32H2. The Bertz CT molecular complexity index is 3610. The highest BCUT2D eigenvalue weighted by atomic mass is 16.3. The predicted octanol–water partition coefficient (Wildman–Crippen LogP) is 16.7. The normalized spacial score (nSPS) is 12.6. The lowest BCUT2D eigenvalue weighted by atomic mass is 10.0. The van der Waals surface area contributed by atoms with Crippen molar-refractivity contribution >= 4 is 88.8 Å². The summed E-state index contributed by atoms with van der Waals surface area (Å²) in [7, 11) is 0. The Kier molecular flexibility index (Phi) is 7.48. The molecule has 0 radical (unpaired) electrons. The molecule has 0 bridgehead atoms. The second kappa shape index (κ2) is 13.6. The summed E-state index contributed by atoms with van der Waals surface area (Å²) in [6, 6.07) is 74.6. The number of benzene rings is 10. The number of para-hydroxylation sites is 2. The molecule has 12 aromatic rings. The van der Waals surface area contributed by atoms with E-state index in [1.54, 1.807) is 0 Å². The van der Waals surface area contributed by atoms with Crippen LogP contribution < -0.4 is 9.80 Å². The largest absolute Gasteiger partial charge is 0.455 e. The van der Waals surface area contributed by atoms with E-state index in [1.165, 1.54) is 44.5 Å². The summed E-state index contributed by atoms with van der Waals surface area (Å²) in [4.78, 5) is 4.71. The Morgan fingerprint density at radius 1 is 0.266 bits per heavy atom. The van der Waals surface area contributed by atoms with Crippen molar-refractivity contribution in [3.05, 3.63) is 229 Å². The van der Waals surface area contributed by atoms with Crippen molar-refractivity contribution in [1.29, 1.82) is 0 Å². The fraction of sp³-hybridized carbons (Fsp3) is 0.0333. The highest BCUT2D eigenvalue weighted by Crippen LogP contribution is 2.47. The lowest BCUT2D eigenvalue weighted by Gasteiger charge is -2.26. The second-order valence-corrected chi connectivity index (χ2v) is 17.2. The van der Waals surface area contributed by atoms with E-state index >= 15 is 0 Å². The fourth-order valence-electron chi connectivity index (χ4n) is 10.7. The zero-order chi connectivity index (χ0) is 41.9. The zero-order valence-electron chi connectivity index (χ0n) is 34.8. The van der Waals surface area contributed by atoms with E-state index in [9.17, 15) is 0 Å². The lowest BCUT2D eigenvalue weighted by Crippen LogP contribution is -2.10. The van der Waals surface area contributed by atoms with Crippen LogP contribution in [0.3, 0.4) is 0 Å². The third-order valence-electron chi connectivity index (χ3n) is 13.7. The number of anilines is 6. The van der Waals surface area contributed by atoms with Crippen LogP contribution >= 0.6 is 0 Å². The molecule has 0 saturated heterocycles. The van der Waals surface area contributed by atoms with E-state index in [0.29, 0.717) is 0 Å². The number of hydrogen-bond acceptors (Lipinski definition) is 4. The molecule has 2 aliphatic rings. The summed E-state index contributed by atoms with van der Waals surface area (Å²) in [6.45, 7) is 0. The number of nitrogens with zero attached hydrogens (tertiary/aromatic N) is 2. The summed E-state index contributed by atoms with van der Waals surface area (Å²) in [5.41, 5.74) is 20.8. The van der Waals surface area contributed by atoms with Gasteiger partial charge in [0.1, 0.15) is 22.3 Å². The van der Waals surface area contributed by atoms with Gasteiger partial charge in [0.05, 0.1) is 0 Å². The number of fused-ring (bicyclic) bond motifs is 15. The molecule has 0 N–H and O–H groups in total. The van der Waals surface area contributed by atoms with Crippen LogP contribution in [0.2, 0.25) is 0 Å².